The van der Waals surface area contributed by atoms with Crippen LogP contribution in [-0.2, 0) is 20.8 Å². The lowest BCUT2D eigenvalue weighted by molar-refractivity contribution is -0.304. The molecule has 6 N–H and O–H groups in total. The van der Waals surface area contributed by atoms with E-state index >= 15 is 0 Å². The number of nitrogens with zero attached hydrogens (tertiary/aromatic N) is 3. The van der Waals surface area contributed by atoms with Crippen molar-refractivity contribution in [3.63, 3.8) is 0 Å². The summed E-state index contributed by atoms with van der Waals surface area (Å²) in [6, 6.07) is 0. The topological polar surface area (TPSA) is 188 Å². The van der Waals surface area contributed by atoms with E-state index in [0.717, 1.165) is 0 Å². The summed E-state index contributed by atoms with van der Waals surface area (Å²) < 4.78 is 12.0. The summed E-state index contributed by atoms with van der Waals surface area (Å²) >= 11 is 13.0. The molecule has 0 amide bonds. The largest absolute Gasteiger partial charge is 0.479 e. The van der Waals surface area contributed by atoms with Crippen molar-refractivity contribution in [1.29, 1.82) is 0 Å². The number of aliphatic hydroxyl groups excluding tert-OH is 4. The Morgan fingerprint density at radius 3 is 2.53 bits per heavy atom. The lowest BCUT2D eigenvalue weighted by atomic mass is 9.86. The van der Waals surface area contributed by atoms with Crippen molar-refractivity contribution in [2.45, 2.75) is 79.2 Å². The molecule has 2 aliphatic carbocycles. The minimum absolute atomic E-state index is 0.00990. The predicted molar refractivity (Wildman–Crippen MR) is 115 cm³/mol. The number of hydrogen-bond acceptors (Lipinski definition) is 10. The summed E-state index contributed by atoms with van der Waals surface area (Å²) in [5.41, 5.74) is -1.06. The van der Waals surface area contributed by atoms with Gasteiger partial charge in [-0.2, -0.15) is 5.10 Å². The molecule has 0 bridgehead atoms. The summed E-state index contributed by atoms with van der Waals surface area (Å²) in [4.78, 5) is 14.3. The molecule has 1 aliphatic heterocycles. The predicted octanol–water partition coefficient (Wildman–Crippen LogP) is -1.13. The van der Waals surface area contributed by atoms with Crippen molar-refractivity contribution >= 4 is 29.2 Å². The first-order valence-electron chi connectivity index (χ1n) is 10.5. The monoisotopic (exact) mass is 521 g/mol. The molecule has 14 heteroatoms. The molecule has 8 atom stereocenters. The highest BCUT2D eigenvalue weighted by molar-refractivity contribution is 6.32. The number of ether oxygens (including phenoxy) is 2. The number of hydrogen-bond donors (Lipinski definition) is 6. The van der Waals surface area contributed by atoms with Crippen molar-refractivity contribution in [2.75, 3.05) is 0 Å². The molecule has 1 aromatic rings. The number of carboxylic acid groups (broad SMARTS) is 1. The Balaban J connectivity index is 1.48. The fraction of sp³-hybridized carbons (Fsp3) is 0.650. The normalized spacial score (nSPS) is 36.9. The van der Waals surface area contributed by atoms with E-state index in [2.05, 4.69) is 10.1 Å². The van der Waals surface area contributed by atoms with Crippen LogP contribution in [-0.4, -0.2) is 105 Å². The fourth-order valence-electron chi connectivity index (χ4n) is 4.14. The SMILES string of the molecule is O=C(O)[C@H]1O[C@@H](OC2C=C(Cl)C(CC(O)(Cn3cncn3)C3(Cl)CC3)=CC2O)[C@H](O)[C@@H](O)[C@@H]1O. The number of carboxylic acids is 1. The van der Waals surface area contributed by atoms with Crippen LogP contribution >= 0.6 is 23.2 Å². The van der Waals surface area contributed by atoms with Gasteiger partial charge < -0.3 is 40.1 Å². The number of aliphatic carboxylic acids is 1. The van der Waals surface area contributed by atoms with Gasteiger partial charge in [-0.1, -0.05) is 11.6 Å². The highest BCUT2D eigenvalue weighted by Crippen LogP contribution is 2.54. The zero-order valence-electron chi connectivity index (χ0n) is 17.7. The van der Waals surface area contributed by atoms with Crippen molar-refractivity contribution in [2.24, 2.45) is 0 Å². The Morgan fingerprint density at radius 2 is 1.94 bits per heavy atom. The van der Waals surface area contributed by atoms with Crippen LogP contribution in [0.4, 0.5) is 0 Å². The number of carbonyl (C=O) groups is 1. The van der Waals surface area contributed by atoms with Gasteiger partial charge in [0.25, 0.3) is 0 Å². The van der Waals surface area contributed by atoms with Gasteiger partial charge in [0.05, 0.1) is 11.4 Å². The van der Waals surface area contributed by atoms with Crippen LogP contribution in [0.1, 0.15) is 19.3 Å². The second-order valence-corrected chi connectivity index (χ2v) is 9.93. The van der Waals surface area contributed by atoms with Crippen molar-refractivity contribution in [3.8, 4) is 0 Å². The molecule has 2 fully saturated rings. The number of halogens is 2. The van der Waals surface area contributed by atoms with Gasteiger partial charge in [0.2, 0.25) is 0 Å². The fourth-order valence-corrected chi connectivity index (χ4v) is 4.62. The van der Waals surface area contributed by atoms with Crippen LogP contribution in [0.2, 0.25) is 0 Å². The average Bonchev–Trinajstić information content (AvgIpc) is 3.33. The van der Waals surface area contributed by atoms with E-state index in [4.69, 9.17) is 37.8 Å². The van der Waals surface area contributed by atoms with Gasteiger partial charge >= 0.3 is 5.97 Å². The van der Waals surface area contributed by atoms with Gasteiger partial charge in [0.1, 0.15) is 48.8 Å². The van der Waals surface area contributed by atoms with E-state index in [1.54, 1.807) is 0 Å². The molecular weight excluding hydrogens is 497 g/mol. The maximum atomic E-state index is 11.4. The number of alkyl halides is 1. The second kappa shape index (κ2) is 9.45. The summed E-state index contributed by atoms with van der Waals surface area (Å²) in [5, 5.41) is 65.3. The molecule has 1 saturated carbocycles. The number of rotatable bonds is 8. The Kier molecular flexibility index (Phi) is 7.08. The minimum atomic E-state index is -1.87. The standard InChI is InChI=1S/C20H25Cl2N3O9/c21-10-4-12(33-18-15(29)13(27)14(28)16(34-18)17(30)31)11(26)3-9(10)5-20(32,19(22)1-2-19)6-25-8-23-7-24-25/h3-4,7-8,11-16,18,26-29,32H,1-2,5-6H2,(H,30,31)/t11?,12?,13-,14-,15+,16-,18+,20?/m0/s1. The van der Waals surface area contributed by atoms with Crippen LogP contribution in [0.5, 0.6) is 0 Å². The molecule has 12 nitrogen and oxygen atoms in total. The molecule has 1 aromatic heterocycles. The summed E-state index contributed by atoms with van der Waals surface area (Å²) in [6.45, 7) is 0.0485. The summed E-state index contributed by atoms with van der Waals surface area (Å²) in [6.07, 6.45) is -4.91. The molecule has 3 unspecified atom stereocenters. The second-order valence-electron chi connectivity index (χ2n) is 8.80. The van der Waals surface area contributed by atoms with Crippen LogP contribution in [0.3, 0.4) is 0 Å². The van der Waals surface area contributed by atoms with Crippen molar-refractivity contribution < 1.29 is 44.9 Å². The first-order valence-corrected chi connectivity index (χ1v) is 11.3. The van der Waals surface area contributed by atoms with E-state index < -0.39 is 59.4 Å². The van der Waals surface area contributed by atoms with Gasteiger partial charge in [-0.05, 0) is 30.6 Å². The minimum Gasteiger partial charge on any atom is -0.479 e. The third-order valence-corrected chi connectivity index (χ3v) is 7.42. The van der Waals surface area contributed by atoms with Crippen LogP contribution in [0.25, 0.3) is 0 Å². The molecule has 34 heavy (non-hydrogen) atoms. The molecule has 0 radical (unpaired) electrons. The number of aliphatic hydroxyl groups is 5. The maximum Gasteiger partial charge on any atom is 0.335 e. The Hall–Kier alpha value is -1.61. The van der Waals surface area contributed by atoms with Crippen molar-refractivity contribution in [1.82, 2.24) is 14.8 Å². The quantitative estimate of drug-likeness (QED) is 0.227. The number of aromatic nitrogens is 3. The Bertz CT molecular complexity index is 971. The van der Waals surface area contributed by atoms with E-state index in [1.807, 2.05) is 0 Å². The zero-order chi connectivity index (χ0) is 24.8. The van der Waals surface area contributed by atoms with Crippen LogP contribution in [0, 0.1) is 0 Å². The molecular formula is C20H25Cl2N3O9. The van der Waals surface area contributed by atoms with E-state index in [9.17, 15) is 30.3 Å². The van der Waals surface area contributed by atoms with Gasteiger partial charge in [-0.15, -0.1) is 11.6 Å². The lowest BCUT2D eigenvalue weighted by Gasteiger charge is -2.40. The third kappa shape index (κ3) is 4.87. The smallest absolute Gasteiger partial charge is 0.335 e. The van der Waals surface area contributed by atoms with Crippen LogP contribution in [0.15, 0.2) is 35.4 Å². The highest BCUT2D eigenvalue weighted by atomic mass is 35.5. The third-order valence-electron chi connectivity index (χ3n) is 6.33. The molecule has 4 rings (SSSR count). The maximum absolute atomic E-state index is 11.4. The van der Waals surface area contributed by atoms with E-state index in [0.29, 0.717) is 18.4 Å². The Labute approximate surface area is 203 Å². The molecule has 0 aromatic carbocycles. The first-order chi connectivity index (χ1) is 15.9. The molecule has 3 aliphatic rings. The lowest BCUT2D eigenvalue weighted by Crippen LogP contribution is -2.61. The highest BCUT2D eigenvalue weighted by Gasteiger charge is 2.58. The zero-order valence-corrected chi connectivity index (χ0v) is 19.2. The van der Waals surface area contributed by atoms with Gasteiger partial charge in [-0.3, -0.25) is 0 Å². The summed E-state index contributed by atoms with van der Waals surface area (Å²) in [7, 11) is 0. The Morgan fingerprint density at radius 1 is 1.24 bits per heavy atom. The van der Waals surface area contributed by atoms with Gasteiger partial charge in [-0.25, -0.2) is 14.5 Å². The first kappa shape index (κ1) is 25.5. The molecule has 1 saturated heterocycles. The van der Waals surface area contributed by atoms with Crippen LogP contribution < -0.4 is 0 Å². The molecule has 188 valence electrons. The average molecular weight is 522 g/mol. The summed E-state index contributed by atoms with van der Waals surface area (Å²) in [5.74, 6) is -1.56. The van der Waals surface area contributed by atoms with Gasteiger partial charge in [0.15, 0.2) is 12.4 Å². The number of allylic oxidation sites excluding steroid dienone is 1. The van der Waals surface area contributed by atoms with E-state index in [1.165, 1.54) is 29.5 Å². The molecule has 2 heterocycles. The molecule has 0 spiro atoms. The van der Waals surface area contributed by atoms with Gasteiger partial charge in [0, 0.05) is 11.5 Å². The van der Waals surface area contributed by atoms with E-state index in [-0.39, 0.29) is 18.0 Å². The van der Waals surface area contributed by atoms with Crippen molar-refractivity contribution in [3.05, 3.63) is 35.4 Å².